The summed E-state index contributed by atoms with van der Waals surface area (Å²) in [7, 11) is 0. The van der Waals surface area contributed by atoms with E-state index >= 15 is 0 Å². The van der Waals surface area contributed by atoms with Crippen LogP contribution in [0.3, 0.4) is 0 Å². The number of nitrogen functional groups attached to an aromatic ring is 1. The number of nitrogens with one attached hydrogen (secondary N) is 1. The van der Waals surface area contributed by atoms with E-state index in [1.165, 1.54) is 0 Å². The lowest BCUT2D eigenvalue weighted by molar-refractivity contribution is 0.535. The molecule has 62 valence electrons. The molecule has 0 aliphatic carbocycles. The van der Waals surface area contributed by atoms with Crippen molar-refractivity contribution in [3.05, 3.63) is 24.3 Å². The number of hydrogen-bond donors (Lipinski definition) is 2. The van der Waals surface area contributed by atoms with E-state index in [0.29, 0.717) is 5.95 Å². The van der Waals surface area contributed by atoms with Crippen molar-refractivity contribution in [2.75, 3.05) is 5.73 Å². The molecule has 0 aromatic carbocycles. The second-order valence-corrected chi connectivity index (χ2v) is 2.57. The number of nitrogens with zero attached hydrogens (tertiary/aromatic N) is 1. The normalized spacial score (nSPS) is 10.4. The zero-order valence-corrected chi connectivity index (χ0v) is 6.66. The van der Waals surface area contributed by atoms with Gasteiger partial charge in [0.15, 0.2) is 5.95 Å². The van der Waals surface area contributed by atoms with Crippen LogP contribution in [0.2, 0.25) is 0 Å². The van der Waals surface area contributed by atoms with Crippen LogP contribution in [-0.4, -0.2) is 9.97 Å². The lowest BCUT2D eigenvalue weighted by atomic mass is 10.2. The maximum atomic E-state index is 5.44. The van der Waals surface area contributed by atoms with E-state index in [-0.39, 0.29) is 0 Å². The highest BCUT2D eigenvalue weighted by Gasteiger charge is 2.05. The number of anilines is 1. The topological polar surface area (TPSA) is 67.8 Å². The van der Waals surface area contributed by atoms with Crippen molar-refractivity contribution in [3.63, 3.8) is 0 Å². The first-order chi connectivity index (χ1) is 5.77. The minimum Gasteiger partial charge on any atom is -0.469 e. The molecule has 0 unspecified atom stereocenters. The molecular weight excluding hydrogens is 154 g/mol. The number of aromatic nitrogens is 2. The number of furan rings is 1. The zero-order valence-electron chi connectivity index (χ0n) is 6.66. The Morgan fingerprint density at radius 1 is 1.58 bits per heavy atom. The molecule has 2 heterocycles. The monoisotopic (exact) mass is 163 g/mol. The Bertz CT molecular complexity index is 388. The second kappa shape index (κ2) is 2.41. The van der Waals surface area contributed by atoms with Gasteiger partial charge in [-0.3, -0.25) is 0 Å². The Balaban J connectivity index is 2.50. The average molecular weight is 163 g/mol. The summed E-state index contributed by atoms with van der Waals surface area (Å²) in [5, 5.41) is 0. The van der Waals surface area contributed by atoms with Gasteiger partial charge >= 0.3 is 0 Å². The molecule has 0 atom stereocenters. The highest BCUT2D eigenvalue weighted by atomic mass is 16.3. The SMILES string of the molecule is Cc1occc1-c1cnc(N)[nH]1. The molecule has 0 bridgehead atoms. The molecule has 0 aliphatic heterocycles. The Kier molecular flexibility index (Phi) is 1.40. The summed E-state index contributed by atoms with van der Waals surface area (Å²) < 4.78 is 5.14. The quantitative estimate of drug-likeness (QED) is 0.670. The van der Waals surface area contributed by atoms with Crippen LogP contribution in [0, 0.1) is 6.92 Å². The highest BCUT2D eigenvalue weighted by Crippen LogP contribution is 2.22. The van der Waals surface area contributed by atoms with E-state index in [0.717, 1.165) is 17.0 Å². The molecule has 12 heavy (non-hydrogen) atoms. The van der Waals surface area contributed by atoms with Crippen molar-refractivity contribution < 1.29 is 4.42 Å². The number of nitrogens with two attached hydrogens (primary N) is 1. The number of rotatable bonds is 1. The lowest BCUT2D eigenvalue weighted by Gasteiger charge is -1.91. The first-order valence-corrected chi connectivity index (χ1v) is 3.62. The Labute approximate surface area is 69.4 Å². The third-order valence-corrected chi connectivity index (χ3v) is 1.74. The molecule has 0 radical (unpaired) electrons. The molecule has 4 nitrogen and oxygen atoms in total. The van der Waals surface area contributed by atoms with Crippen LogP contribution in [0.1, 0.15) is 5.76 Å². The summed E-state index contributed by atoms with van der Waals surface area (Å²) in [4.78, 5) is 6.82. The third kappa shape index (κ3) is 0.972. The van der Waals surface area contributed by atoms with Gasteiger partial charge in [0.25, 0.3) is 0 Å². The molecule has 3 N–H and O–H groups in total. The molecule has 2 aromatic heterocycles. The fourth-order valence-electron chi connectivity index (χ4n) is 1.14. The van der Waals surface area contributed by atoms with E-state index in [2.05, 4.69) is 9.97 Å². The molecule has 0 spiro atoms. The molecule has 0 saturated carbocycles. The maximum absolute atomic E-state index is 5.44. The summed E-state index contributed by atoms with van der Waals surface area (Å²) in [5.74, 6) is 1.28. The third-order valence-electron chi connectivity index (χ3n) is 1.74. The standard InChI is InChI=1S/C8H9N3O/c1-5-6(2-3-12-5)7-4-10-8(9)11-7/h2-4H,1H3,(H3,9,10,11). The largest absolute Gasteiger partial charge is 0.469 e. The van der Waals surface area contributed by atoms with Crippen LogP contribution in [0.4, 0.5) is 5.95 Å². The van der Waals surface area contributed by atoms with Crippen molar-refractivity contribution in [2.24, 2.45) is 0 Å². The average Bonchev–Trinajstić information content (AvgIpc) is 2.58. The van der Waals surface area contributed by atoms with Gasteiger partial charge in [-0.1, -0.05) is 0 Å². The Morgan fingerprint density at radius 3 is 2.92 bits per heavy atom. The van der Waals surface area contributed by atoms with Gasteiger partial charge < -0.3 is 15.1 Å². The van der Waals surface area contributed by atoms with Gasteiger partial charge in [-0.2, -0.15) is 0 Å². The fraction of sp³-hybridized carbons (Fsp3) is 0.125. The van der Waals surface area contributed by atoms with E-state index in [9.17, 15) is 0 Å². The van der Waals surface area contributed by atoms with Gasteiger partial charge in [0.05, 0.1) is 18.2 Å². The van der Waals surface area contributed by atoms with E-state index in [1.807, 2.05) is 13.0 Å². The summed E-state index contributed by atoms with van der Waals surface area (Å²) >= 11 is 0. The van der Waals surface area contributed by atoms with Gasteiger partial charge in [0.2, 0.25) is 0 Å². The van der Waals surface area contributed by atoms with E-state index < -0.39 is 0 Å². The number of H-pyrrole nitrogens is 1. The van der Waals surface area contributed by atoms with Gasteiger partial charge in [-0.15, -0.1) is 0 Å². The smallest absolute Gasteiger partial charge is 0.197 e. The molecule has 0 saturated heterocycles. The number of hydrogen-bond acceptors (Lipinski definition) is 3. The minimum absolute atomic E-state index is 0.422. The first-order valence-electron chi connectivity index (χ1n) is 3.62. The predicted molar refractivity (Wildman–Crippen MR) is 45.4 cm³/mol. The van der Waals surface area contributed by atoms with Gasteiger partial charge in [0.1, 0.15) is 5.76 Å². The minimum atomic E-state index is 0.422. The zero-order chi connectivity index (χ0) is 8.55. The summed E-state index contributed by atoms with van der Waals surface area (Å²) in [6, 6.07) is 1.88. The molecule has 0 fully saturated rings. The van der Waals surface area contributed by atoms with Crippen LogP contribution < -0.4 is 5.73 Å². The molecule has 2 aromatic rings. The summed E-state index contributed by atoms with van der Waals surface area (Å²) in [6.45, 7) is 1.90. The Hall–Kier alpha value is -1.71. The Morgan fingerprint density at radius 2 is 2.42 bits per heavy atom. The van der Waals surface area contributed by atoms with Crippen LogP contribution >= 0.6 is 0 Å². The number of aromatic amines is 1. The fourth-order valence-corrected chi connectivity index (χ4v) is 1.14. The van der Waals surface area contributed by atoms with Crippen molar-refractivity contribution in [1.82, 2.24) is 9.97 Å². The number of imidazole rings is 1. The van der Waals surface area contributed by atoms with Crippen LogP contribution in [0.5, 0.6) is 0 Å². The molecule has 0 aliphatic rings. The van der Waals surface area contributed by atoms with Crippen LogP contribution in [-0.2, 0) is 0 Å². The van der Waals surface area contributed by atoms with Gasteiger partial charge in [0, 0.05) is 5.56 Å². The number of aryl methyl sites for hydroxylation is 1. The molecule has 2 rings (SSSR count). The van der Waals surface area contributed by atoms with Crippen molar-refractivity contribution >= 4 is 5.95 Å². The van der Waals surface area contributed by atoms with Crippen LogP contribution in [0.15, 0.2) is 22.9 Å². The van der Waals surface area contributed by atoms with E-state index in [4.69, 9.17) is 10.2 Å². The molecule has 0 amide bonds. The van der Waals surface area contributed by atoms with Gasteiger partial charge in [-0.05, 0) is 13.0 Å². The van der Waals surface area contributed by atoms with Gasteiger partial charge in [-0.25, -0.2) is 4.98 Å². The second-order valence-electron chi connectivity index (χ2n) is 2.57. The van der Waals surface area contributed by atoms with Crippen molar-refractivity contribution in [2.45, 2.75) is 6.92 Å². The predicted octanol–water partition coefficient (Wildman–Crippen LogP) is 1.56. The summed E-state index contributed by atoms with van der Waals surface area (Å²) in [6.07, 6.45) is 3.33. The van der Waals surface area contributed by atoms with E-state index in [1.54, 1.807) is 12.5 Å². The lowest BCUT2D eigenvalue weighted by Crippen LogP contribution is -1.85. The molecular formula is C8H9N3O. The highest BCUT2D eigenvalue weighted by molar-refractivity contribution is 5.61. The first kappa shape index (κ1) is 6.97. The van der Waals surface area contributed by atoms with Crippen LogP contribution in [0.25, 0.3) is 11.3 Å². The van der Waals surface area contributed by atoms with Crippen molar-refractivity contribution in [1.29, 1.82) is 0 Å². The molecule has 4 heteroatoms. The maximum Gasteiger partial charge on any atom is 0.197 e. The van der Waals surface area contributed by atoms with Crippen molar-refractivity contribution in [3.8, 4) is 11.3 Å². The summed E-state index contributed by atoms with van der Waals surface area (Å²) in [5.41, 5.74) is 7.32.